The third kappa shape index (κ3) is 4.76. The smallest absolute Gasteiger partial charge is 0.266 e. The van der Waals surface area contributed by atoms with E-state index in [0.29, 0.717) is 12.4 Å². The summed E-state index contributed by atoms with van der Waals surface area (Å²) in [5.41, 5.74) is 0.843. The van der Waals surface area contributed by atoms with Gasteiger partial charge in [0.15, 0.2) is 5.82 Å². The van der Waals surface area contributed by atoms with Gasteiger partial charge in [-0.1, -0.05) is 25.9 Å². The standard InChI is InChI=1S/C18H28N6O2/c1-14-19-16(21-26-14)13-23-9-7-22(8-10-23)11-12-24-17(25)6-5-15(20-24)18(2,3)4/h5-6H,7-13H2,1-4H3. The van der Waals surface area contributed by atoms with Crippen molar-refractivity contribution in [2.45, 2.75) is 46.2 Å². The van der Waals surface area contributed by atoms with Crippen LogP contribution in [0.3, 0.4) is 0 Å². The van der Waals surface area contributed by atoms with Gasteiger partial charge in [-0.25, -0.2) is 4.68 Å². The third-order valence-electron chi connectivity index (χ3n) is 4.66. The monoisotopic (exact) mass is 360 g/mol. The average Bonchev–Trinajstić information content (AvgIpc) is 2.99. The molecule has 0 saturated carbocycles. The number of hydrogen-bond donors (Lipinski definition) is 0. The summed E-state index contributed by atoms with van der Waals surface area (Å²) in [6.45, 7) is 14.1. The Balaban J connectivity index is 1.50. The van der Waals surface area contributed by atoms with Crippen LogP contribution in [0.2, 0.25) is 0 Å². The summed E-state index contributed by atoms with van der Waals surface area (Å²) in [5.74, 6) is 1.35. The normalized spacial score (nSPS) is 16.9. The second kappa shape index (κ2) is 7.67. The number of hydrogen-bond acceptors (Lipinski definition) is 7. The number of aryl methyl sites for hydroxylation is 1. The molecule has 8 heteroatoms. The van der Waals surface area contributed by atoms with Crippen molar-refractivity contribution in [2.24, 2.45) is 0 Å². The van der Waals surface area contributed by atoms with Gasteiger partial charge in [0.2, 0.25) is 5.89 Å². The molecule has 2 aromatic heterocycles. The molecule has 0 radical (unpaired) electrons. The minimum absolute atomic E-state index is 0.0379. The maximum atomic E-state index is 12.1. The highest BCUT2D eigenvalue weighted by Gasteiger charge is 2.20. The van der Waals surface area contributed by atoms with Crippen LogP contribution in [0.25, 0.3) is 0 Å². The molecule has 0 atom stereocenters. The molecule has 0 N–H and O–H groups in total. The van der Waals surface area contributed by atoms with Gasteiger partial charge in [0.25, 0.3) is 5.56 Å². The van der Waals surface area contributed by atoms with Gasteiger partial charge in [0, 0.05) is 51.1 Å². The lowest BCUT2D eigenvalue weighted by Gasteiger charge is -2.34. The number of nitrogens with zero attached hydrogens (tertiary/aromatic N) is 6. The Labute approximate surface area is 153 Å². The van der Waals surface area contributed by atoms with Crippen molar-refractivity contribution in [1.82, 2.24) is 29.7 Å². The summed E-state index contributed by atoms with van der Waals surface area (Å²) in [5, 5.41) is 8.50. The maximum Gasteiger partial charge on any atom is 0.266 e. The lowest BCUT2D eigenvalue weighted by atomic mass is 9.92. The quantitative estimate of drug-likeness (QED) is 0.788. The van der Waals surface area contributed by atoms with E-state index in [1.807, 2.05) is 6.07 Å². The van der Waals surface area contributed by atoms with Gasteiger partial charge in [0.05, 0.1) is 18.8 Å². The molecule has 3 rings (SSSR count). The minimum Gasteiger partial charge on any atom is -0.340 e. The van der Waals surface area contributed by atoms with E-state index >= 15 is 0 Å². The van der Waals surface area contributed by atoms with Crippen LogP contribution in [0.1, 0.15) is 38.2 Å². The van der Waals surface area contributed by atoms with E-state index in [-0.39, 0.29) is 11.0 Å². The fourth-order valence-electron chi connectivity index (χ4n) is 3.02. The van der Waals surface area contributed by atoms with Crippen LogP contribution in [-0.4, -0.2) is 62.4 Å². The summed E-state index contributed by atoms with van der Waals surface area (Å²) < 4.78 is 6.61. The Bertz CT molecular complexity index is 783. The predicted octanol–water partition coefficient (Wildman–Crippen LogP) is 1.05. The van der Waals surface area contributed by atoms with Crippen LogP contribution in [0, 0.1) is 6.92 Å². The zero-order valence-corrected chi connectivity index (χ0v) is 16.1. The summed E-state index contributed by atoms with van der Waals surface area (Å²) in [6.07, 6.45) is 0. The van der Waals surface area contributed by atoms with Gasteiger partial charge in [-0.05, 0) is 6.07 Å². The van der Waals surface area contributed by atoms with E-state index in [2.05, 4.69) is 45.8 Å². The van der Waals surface area contributed by atoms with Crippen molar-refractivity contribution >= 4 is 0 Å². The van der Waals surface area contributed by atoms with Crippen LogP contribution in [-0.2, 0) is 18.5 Å². The van der Waals surface area contributed by atoms with E-state index in [9.17, 15) is 4.79 Å². The molecule has 1 fully saturated rings. The van der Waals surface area contributed by atoms with Gasteiger partial charge >= 0.3 is 0 Å². The summed E-state index contributed by atoms with van der Waals surface area (Å²) >= 11 is 0. The van der Waals surface area contributed by atoms with E-state index in [1.165, 1.54) is 0 Å². The first-order valence-electron chi connectivity index (χ1n) is 9.14. The van der Waals surface area contributed by atoms with Crippen molar-refractivity contribution in [3.63, 3.8) is 0 Å². The summed E-state index contributed by atoms with van der Waals surface area (Å²) in [6, 6.07) is 3.45. The van der Waals surface area contributed by atoms with Crippen LogP contribution in [0.4, 0.5) is 0 Å². The Kier molecular flexibility index (Phi) is 5.52. The Hall–Kier alpha value is -2.06. The first-order chi connectivity index (χ1) is 12.3. The molecule has 8 nitrogen and oxygen atoms in total. The Morgan fingerprint density at radius 2 is 1.77 bits per heavy atom. The first kappa shape index (κ1) is 18.7. The highest BCUT2D eigenvalue weighted by molar-refractivity contribution is 5.10. The van der Waals surface area contributed by atoms with Crippen LogP contribution in [0.15, 0.2) is 21.5 Å². The highest BCUT2D eigenvalue weighted by Crippen LogP contribution is 2.18. The van der Waals surface area contributed by atoms with E-state index in [1.54, 1.807) is 17.7 Å². The molecule has 0 amide bonds. The van der Waals surface area contributed by atoms with Gasteiger partial charge in [-0.15, -0.1) is 0 Å². The molecule has 1 aliphatic rings. The molecule has 2 aromatic rings. The lowest BCUT2D eigenvalue weighted by Crippen LogP contribution is -2.47. The third-order valence-corrected chi connectivity index (χ3v) is 4.66. The SMILES string of the molecule is Cc1nc(CN2CCN(CCn3nc(C(C)(C)C)ccc3=O)CC2)no1. The van der Waals surface area contributed by atoms with Crippen molar-refractivity contribution < 1.29 is 4.52 Å². The van der Waals surface area contributed by atoms with Crippen molar-refractivity contribution in [1.29, 1.82) is 0 Å². The van der Waals surface area contributed by atoms with Crippen LogP contribution < -0.4 is 5.56 Å². The molecule has 0 aromatic carbocycles. The number of piperazine rings is 1. The molecule has 0 bridgehead atoms. The molecule has 0 unspecified atom stereocenters. The molecular formula is C18H28N6O2. The molecule has 1 aliphatic heterocycles. The maximum absolute atomic E-state index is 12.1. The van der Waals surface area contributed by atoms with E-state index in [4.69, 9.17) is 4.52 Å². The number of aromatic nitrogens is 4. The average molecular weight is 360 g/mol. The van der Waals surface area contributed by atoms with Gasteiger partial charge < -0.3 is 4.52 Å². The predicted molar refractivity (Wildman–Crippen MR) is 97.9 cm³/mol. The fraction of sp³-hybridized carbons (Fsp3) is 0.667. The highest BCUT2D eigenvalue weighted by atomic mass is 16.5. The van der Waals surface area contributed by atoms with Crippen LogP contribution >= 0.6 is 0 Å². The summed E-state index contributed by atoms with van der Waals surface area (Å²) in [7, 11) is 0. The minimum atomic E-state index is -0.0609. The van der Waals surface area contributed by atoms with Crippen LogP contribution in [0.5, 0.6) is 0 Å². The van der Waals surface area contributed by atoms with E-state index < -0.39 is 0 Å². The van der Waals surface area contributed by atoms with Gasteiger partial charge in [0.1, 0.15) is 0 Å². The second-order valence-electron chi connectivity index (χ2n) is 7.88. The van der Waals surface area contributed by atoms with E-state index in [0.717, 1.165) is 50.8 Å². The Morgan fingerprint density at radius 3 is 2.38 bits per heavy atom. The fourth-order valence-corrected chi connectivity index (χ4v) is 3.02. The first-order valence-corrected chi connectivity index (χ1v) is 9.14. The zero-order valence-electron chi connectivity index (χ0n) is 16.1. The molecule has 1 saturated heterocycles. The second-order valence-corrected chi connectivity index (χ2v) is 7.88. The molecule has 3 heterocycles. The molecule has 142 valence electrons. The molecular weight excluding hydrogens is 332 g/mol. The zero-order chi connectivity index (χ0) is 18.7. The van der Waals surface area contributed by atoms with Crippen molar-refractivity contribution in [3.05, 3.63) is 39.9 Å². The largest absolute Gasteiger partial charge is 0.340 e. The van der Waals surface area contributed by atoms with Gasteiger partial charge in [-0.2, -0.15) is 10.1 Å². The lowest BCUT2D eigenvalue weighted by molar-refractivity contribution is 0.119. The molecule has 0 aliphatic carbocycles. The van der Waals surface area contributed by atoms with Crippen molar-refractivity contribution in [3.8, 4) is 0 Å². The molecule has 26 heavy (non-hydrogen) atoms. The molecule has 0 spiro atoms. The summed E-state index contributed by atoms with van der Waals surface area (Å²) in [4.78, 5) is 21.0. The van der Waals surface area contributed by atoms with Gasteiger partial charge in [-0.3, -0.25) is 14.6 Å². The van der Waals surface area contributed by atoms with Crippen molar-refractivity contribution in [2.75, 3.05) is 32.7 Å². The topological polar surface area (TPSA) is 80.3 Å². The Morgan fingerprint density at radius 1 is 1.08 bits per heavy atom. The number of rotatable bonds is 5.